The number of carbonyl (C=O) groups excluding carboxylic acids is 1. The minimum Gasteiger partial charge on any atom is -0.348 e. The number of aromatic nitrogens is 3. The molecule has 13 heteroatoms. The summed E-state index contributed by atoms with van der Waals surface area (Å²) < 4.78 is 68.1. The van der Waals surface area contributed by atoms with Crippen LogP contribution in [-0.2, 0) is 6.18 Å². The van der Waals surface area contributed by atoms with Crippen LogP contribution in [0.15, 0.2) is 29.8 Å². The molecule has 1 saturated carbocycles. The molecule has 0 saturated heterocycles. The third-order valence-electron chi connectivity index (χ3n) is 5.06. The number of anilines is 2. The van der Waals surface area contributed by atoms with E-state index in [1.165, 1.54) is 28.2 Å². The maximum atomic E-state index is 13.9. The van der Waals surface area contributed by atoms with Gasteiger partial charge in [-0.15, -0.1) is 16.4 Å². The average Bonchev–Trinajstić information content (AvgIpc) is 3.31. The maximum Gasteiger partial charge on any atom is 0.427 e. The van der Waals surface area contributed by atoms with Gasteiger partial charge in [0.15, 0.2) is 0 Å². The number of hydrogen-bond donors (Lipinski definition) is 3. The van der Waals surface area contributed by atoms with Crippen molar-refractivity contribution in [3.05, 3.63) is 40.3 Å². The van der Waals surface area contributed by atoms with Gasteiger partial charge in [-0.1, -0.05) is 0 Å². The van der Waals surface area contributed by atoms with Gasteiger partial charge >= 0.3 is 6.18 Å². The average molecular weight is 460 g/mol. The number of amides is 1. The van der Waals surface area contributed by atoms with Gasteiger partial charge in [0, 0.05) is 6.42 Å². The molecule has 7 nitrogen and oxygen atoms in total. The van der Waals surface area contributed by atoms with E-state index in [0.29, 0.717) is 23.3 Å². The maximum absolute atomic E-state index is 13.9. The van der Waals surface area contributed by atoms with Crippen LogP contribution in [0.25, 0.3) is 5.52 Å². The Morgan fingerprint density at radius 1 is 1.29 bits per heavy atom. The van der Waals surface area contributed by atoms with Crippen LogP contribution >= 0.6 is 11.3 Å². The summed E-state index contributed by atoms with van der Waals surface area (Å²) in [6.07, 6.45) is -2.85. The molecule has 0 aromatic carbocycles. The molecule has 2 atom stereocenters. The first-order chi connectivity index (χ1) is 14.6. The summed E-state index contributed by atoms with van der Waals surface area (Å²) in [6.45, 7) is 0. The Kier molecular flexibility index (Phi) is 5.33. The number of hydrogen-bond acceptors (Lipinski definition) is 6. The lowest BCUT2D eigenvalue weighted by atomic mass is 9.87. The first-order valence-corrected chi connectivity index (χ1v) is 10.1. The number of nitrogens with two attached hydrogens (primary N) is 1. The Morgan fingerprint density at radius 3 is 2.81 bits per heavy atom. The number of halogens is 5. The highest BCUT2D eigenvalue weighted by atomic mass is 32.1. The Balaban J connectivity index is 1.58. The first-order valence-electron chi connectivity index (χ1n) is 9.27. The van der Waals surface area contributed by atoms with Crippen molar-refractivity contribution in [1.82, 2.24) is 14.6 Å². The number of fused-ring (bicyclic) bond motifs is 1. The number of thiophene rings is 1. The molecule has 0 spiro atoms. The molecule has 1 aliphatic carbocycles. The minimum atomic E-state index is -4.60. The van der Waals surface area contributed by atoms with Crippen LogP contribution in [0.2, 0.25) is 0 Å². The molecular formula is C18H17F5N6OS. The molecule has 4 rings (SSSR count). The SMILES string of the molecule is N[C@@H]1[C@H](Nc2ncc3ccc(C(=O)Nc4ccsc4C(F)(F)F)n3n2)CCCC1(F)F. The van der Waals surface area contributed by atoms with E-state index in [1.54, 1.807) is 0 Å². The summed E-state index contributed by atoms with van der Waals surface area (Å²) in [5.74, 6) is -3.85. The Bertz CT molecular complexity index is 1110. The molecule has 1 fully saturated rings. The number of nitrogens with zero attached hydrogens (tertiary/aromatic N) is 3. The van der Waals surface area contributed by atoms with Crippen molar-refractivity contribution in [3.8, 4) is 0 Å². The fourth-order valence-corrected chi connectivity index (χ4v) is 4.20. The van der Waals surface area contributed by atoms with E-state index < -0.39 is 35.0 Å². The molecule has 0 bridgehead atoms. The Morgan fingerprint density at radius 2 is 2.06 bits per heavy atom. The van der Waals surface area contributed by atoms with Crippen molar-refractivity contribution < 1.29 is 26.7 Å². The van der Waals surface area contributed by atoms with E-state index in [2.05, 4.69) is 20.7 Å². The normalized spacial score (nSPS) is 21.2. The van der Waals surface area contributed by atoms with Crippen molar-refractivity contribution in [2.24, 2.45) is 5.73 Å². The second kappa shape index (κ2) is 7.71. The molecule has 31 heavy (non-hydrogen) atoms. The Hall–Kier alpha value is -2.80. The molecular weight excluding hydrogens is 443 g/mol. The predicted octanol–water partition coefficient (Wildman–Crippen LogP) is 3.99. The summed E-state index contributed by atoms with van der Waals surface area (Å²) in [7, 11) is 0. The second-order valence-corrected chi connectivity index (χ2v) is 8.10. The first kappa shape index (κ1) is 21.4. The number of nitrogens with one attached hydrogen (secondary N) is 2. The molecule has 0 radical (unpaired) electrons. The molecule has 1 amide bonds. The Labute approximate surface area is 176 Å². The van der Waals surface area contributed by atoms with Crippen LogP contribution in [0, 0.1) is 0 Å². The van der Waals surface area contributed by atoms with E-state index in [-0.39, 0.29) is 30.2 Å². The van der Waals surface area contributed by atoms with Gasteiger partial charge in [-0.05, 0) is 36.4 Å². The van der Waals surface area contributed by atoms with Crippen LogP contribution in [0.4, 0.5) is 33.6 Å². The number of carbonyl (C=O) groups is 1. The topological polar surface area (TPSA) is 97.3 Å². The van der Waals surface area contributed by atoms with Crippen LogP contribution in [0.3, 0.4) is 0 Å². The fourth-order valence-electron chi connectivity index (χ4n) is 3.48. The molecule has 3 heterocycles. The van der Waals surface area contributed by atoms with Crippen molar-refractivity contribution >= 4 is 34.4 Å². The molecule has 1 aliphatic rings. The van der Waals surface area contributed by atoms with E-state index in [1.807, 2.05) is 0 Å². The highest BCUT2D eigenvalue weighted by Crippen LogP contribution is 2.39. The highest BCUT2D eigenvalue weighted by Gasteiger charge is 2.45. The zero-order valence-electron chi connectivity index (χ0n) is 15.8. The molecule has 0 unspecified atom stereocenters. The quantitative estimate of drug-likeness (QED) is 0.512. The van der Waals surface area contributed by atoms with Crippen LogP contribution in [0.1, 0.15) is 34.6 Å². The summed E-state index contributed by atoms with van der Waals surface area (Å²) in [6, 6.07) is 1.86. The van der Waals surface area contributed by atoms with Crippen LogP contribution in [-0.4, -0.2) is 38.5 Å². The zero-order valence-corrected chi connectivity index (χ0v) is 16.6. The summed E-state index contributed by atoms with van der Waals surface area (Å²) in [5, 5.41) is 10.4. The van der Waals surface area contributed by atoms with Gasteiger partial charge in [-0.3, -0.25) is 4.79 Å². The van der Waals surface area contributed by atoms with Crippen LogP contribution in [0.5, 0.6) is 0 Å². The van der Waals surface area contributed by atoms with Crippen molar-refractivity contribution in [2.45, 2.75) is 43.4 Å². The summed E-state index contributed by atoms with van der Waals surface area (Å²) in [4.78, 5) is 15.7. The standard InChI is InChI=1S/C18H17F5N6OS/c19-17(20)6-1-2-10(13(17)24)27-16-25-8-9-3-4-12(29(9)28-16)15(30)26-11-5-7-31-14(11)18(21,22)23/h3-5,7-8,10,13H,1-2,6,24H2,(H,26,30)(H,27,28)/t10-,13-/m1/s1. The van der Waals surface area contributed by atoms with Gasteiger partial charge in [0.1, 0.15) is 10.6 Å². The smallest absolute Gasteiger partial charge is 0.348 e. The third-order valence-corrected chi connectivity index (χ3v) is 6.02. The van der Waals surface area contributed by atoms with Gasteiger partial charge in [0.05, 0.1) is 29.5 Å². The largest absolute Gasteiger partial charge is 0.427 e. The van der Waals surface area contributed by atoms with Crippen molar-refractivity contribution in [3.63, 3.8) is 0 Å². The monoisotopic (exact) mass is 460 g/mol. The lowest BCUT2D eigenvalue weighted by molar-refractivity contribution is -0.133. The lowest BCUT2D eigenvalue weighted by Gasteiger charge is -2.35. The van der Waals surface area contributed by atoms with Gasteiger partial charge in [-0.25, -0.2) is 18.3 Å². The van der Waals surface area contributed by atoms with E-state index in [9.17, 15) is 26.7 Å². The molecule has 166 valence electrons. The van der Waals surface area contributed by atoms with Gasteiger partial charge < -0.3 is 16.4 Å². The summed E-state index contributed by atoms with van der Waals surface area (Å²) in [5.41, 5.74) is 5.66. The molecule has 3 aromatic heterocycles. The van der Waals surface area contributed by atoms with Gasteiger partial charge in [0.25, 0.3) is 11.8 Å². The van der Waals surface area contributed by atoms with E-state index in [4.69, 9.17) is 5.73 Å². The molecule has 4 N–H and O–H groups in total. The molecule has 0 aliphatic heterocycles. The summed E-state index contributed by atoms with van der Waals surface area (Å²) >= 11 is 0.466. The fraction of sp³-hybridized carbons (Fsp3) is 0.389. The zero-order chi connectivity index (χ0) is 22.4. The number of rotatable bonds is 4. The van der Waals surface area contributed by atoms with Gasteiger partial charge in [0.2, 0.25) is 5.95 Å². The lowest BCUT2D eigenvalue weighted by Crippen LogP contribution is -2.55. The highest BCUT2D eigenvalue weighted by molar-refractivity contribution is 7.10. The minimum absolute atomic E-state index is 0.0255. The van der Waals surface area contributed by atoms with Gasteiger partial charge in [-0.2, -0.15) is 13.2 Å². The van der Waals surface area contributed by atoms with E-state index in [0.717, 1.165) is 6.07 Å². The third kappa shape index (κ3) is 4.19. The van der Waals surface area contributed by atoms with E-state index >= 15 is 0 Å². The predicted molar refractivity (Wildman–Crippen MR) is 104 cm³/mol. The van der Waals surface area contributed by atoms with Crippen LogP contribution < -0.4 is 16.4 Å². The van der Waals surface area contributed by atoms with Crippen molar-refractivity contribution in [2.75, 3.05) is 10.6 Å². The van der Waals surface area contributed by atoms with Crippen molar-refractivity contribution in [1.29, 1.82) is 0 Å². The number of alkyl halides is 5. The second-order valence-electron chi connectivity index (χ2n) is 7.18. The molecule has 3 aromatic rings.